The smallest absolute Gasteiger partial charge is 0.306 e. The van der Waals surface area contributed by atoms with E-state index in [0.717, 1.165) is 13.1 Å². The van der Waals surface area contributed by atoms with Crippen molar-refractivity contribution in [3.8, 4) is 11.1 Å². The Bertz CT molecular complexity index is 814. The molecule has 136 valence electrons. The number of carbonyl (C=O) groups is 1. The predicted octanol–water partition coefficient (Wildman–Crippen LogP) is 4.85. The molecule has 26 heavy (non-hydrogen) atoms. The second kappa shape index (κ2) is 7.24. The predicted molar refractivity (Wildman–Crippen MR) is 104 cm³/mol. The van der Waals surface area contributed by atoms with Crippen molar-refractivity contribution in [3.63, 3.8) is 0 Å². The number of methoxy groups -OCH3 is 1. The van der Waals surface area contributed by atoms with Gasteiger partial charge < -0.3 is 4.74 Å². The summed E-state index contributed by atoms with van der Waals surface area (Å²) in [6.07, 6.45) is 4.13. The molecule has 3 heteroatoms. The molecule has 1 heterocycles. The Labute approximate surface area is 156 Å². The molecule has 0 aromatic heterocycles. The van der Waals surface area contributed by atoms with Gasteiger partial charge in [-0.25, -0.2) is 0 Å². The maximum atomic E-state index is 11.6. The van der Waals surface area contributed by atoms with E-state index >= 15 is 0 Å². The Morgan fingerprint density at radius 3 is 2.81 bits per heavy atom. The lowest BCUT2D eigenvalue weighted by Crippen LogP contribution is -2.30. The number of benzene rings is 2. The van der Waals surface area contributed by atoms with E-state index < -0.39 is 0 Å². The van der Waals surface area contributed by atoms with E-state index in [1.165, 1.54) is 54.2 Å². The van der Waals surface area contributed by atoms with Gasteiger partial charge in [-0.05, 0) is 67.0 Å². The number of aryl methyl sites for hydroxylation is 1. The van der Waals surface area contributed by atoms with Gasteiger partial charge in [0, 0.05) is 12.6 Å². The Morgan fingerprint density at radius 2 is 2.00 bits per heavy atom. The molecule has 0 radical (unpaired) electrons. The van der Waals surface area contributed by atoms with E-state index in [9.17, 15) is 4.79 Å². The molecule has 1 fully saturated rings. The summed E-state index contributed by atoms with van der Waals surface area (Å²) in [6.45, 7) is 4.01. The van der Waals surface area contributed by atoms with E-state index in [4.69, 9.17) is 4.74 Å². The first-order valence-electron chi connectivity index (χ1n) is 9.67. The molecule has 0 spiro atoms. The molecule has 0 saturated carbocycles. The van der Waals surface area contributed by atoms with Crippen LogP contribution in [-0.4, -0.2) is 31.1 Å². The van der Waals surface area contributed by atoms with Gasteiger partial charge in [0.25, 0.3) is 0 Å². The van der Waals surface area contributed by atoms with Crippen LogP contribution in [0.5, 0.6) is 0 Å². The average Bonchev–Trinajstić information content (AvgIpc) is 2.87. The Morgan fingerprint density at radius 1 is 1.15 bits per heavy atom. The highest BCUT2D eigenvalue weighted by Crippen LogP contribution is 2.48. The molecule has 0 N–H and O–H groups in total. The number of nitrogens with zero attached hydrogens (tertiary/aromatic N) is 1. The molecule has 2 atom stereocenters. The van der Waals surface area contributed by atoms with Crippen LogP contribution in [-0.2, 0) is 9.53 Å². The molecule has 3 nitrogen and oxygen atoms in total. The second-order valence-electron chi connectivity index (χ2n) is 7.67. The van der Waals surface area contributed by atoms with Crippen LogP contribution < -0.4 is 0 Å². The van der Waals surface area contributed by atoms with Gasteiger partial charge in [-0.2, -0.15) is 0 Å². The first kappa shape index (κ1) is 17.3. The summed E-state index contributed by atoms with van der Waals surface area (Å²) < 4.78 is 4.84. The average molecular weight is 349 g/mol. The van der Waals surface area contributed by atoms with Crippen LogP contribution >= 0.6 is 0 Å². The first-order valence-corrected chi connectivity index (χ1v) is 9.67. The third-order valence-electron chi connectivity index (χ3n) is 6.01. The topological polar surface area (TPSA) is 29.5 Å². The number of likely N-dealkylation sites (tertiary alicyclic amines) is 1. The van der Waals surface area contributed by atoms with Crippen molar-refractivity contribution in [3.05, 3.63) is 59.2 Å². The Kier molecular flexibility index (Phi) is 4.82. The zero-order valence-electron chi connectivity index (χ0n) is 15.7. The van der Waals surface area contributed by atoms with Crippen LogP contribution in [0.1, 0.15) is 54.3 Å². The minimum atomic E-state index is -0.113. The maximum Gasteiger partial charge on any atom is 0.306 e. The van der Waals surface area contributed by atoms with Crippen LogP contribution in [0, 0.1) is 6.92 Å². The van der Waals surface area contributed by atoms with Crippen molar-refractivity contribution in [2.45, 2.75) is 44.6 Å². The molecule has 4 rings (SSSR count). The molecule has 2 bridgehead atoms. The lowest BCUT2D eigenvalue weighted by atomic mass is 9.93. The molecule has 1 aliphatic heterocycles. The number of rotatable bonds is 4. The fourth-order valence-corrected chi connectivity index (χ4v) is 4.68. The van der Waals surface area contributed by atoms with Crippen molar-refractivity contribution in [2.24, 2.45) is 0 Å². The minimum Gasteiger partial charge on any atom is -0.469 e. The summed E-state index contributed by atoms with van der Waals surface area (Å²) in [6, 6.07) is 16.2. The Hall–Kier alpha value is -2.13. The molecule has 1 aliphatic carbocycles. The summed E-state index contributed by atoms with van der Waals surface area (Å²) in [7, 11) is 1.47. The van der Waals surface area contributed by atoms with Crippen LogP contribution in [0.3, 0.4) is 0 Å². The number of carbonyl (C=O) groups excluding carboxylic acids is 1. The van der Waals surface area contributed by atoms with E-state index in [0.29, 0.717) is 18.4 Å². The van der Waals surface area contributed by atoms with E-state index in [2.05, 4.69) is 54.3 Å². The summed E-state index contributed by atoms with van der Waals surface area (Å²) in [5.41, 5.74) is 6.87. The largest absolute Gasteiger partial charge is 0.469 e. The van der Waals surface area contributed by atoms with Gasteiger partial charge >= 0.3 is 5.97 Å². The normalized spacial score (nSPS) is 21.9. The van der Waals surface area contributed by atoms with E-state index in [1.807, 2.05) is 0 Å². The van der Waals surface area contributed by atoms with Crippen molar-refractivity contribution in [1.82, 2.24) is 4.90 Å². The monoisotopic (exact) mass is 349 g/mol. The highest BCUT2D eigenvalue weighted by Gasteiger charge is 2.36. The number of esters is 1. The van der Waals surface area contributed by atoms with Crippen molar-refractivity contribution >= 4 is 5.97 Å². The fraction of sp³-hybridized carbons (Fsp3) is 0.435. The first-order chi connectivity index (χ1) is 12.7. The van der Waals surface area contributed by atoms with Gasteiger partial charge in [-0.1, -0.05) is 42.0 Å². The van der Waals surface area contributed by atoms with Gasteiger partial charge in [0.2, 0.25) is 0 Å². The number of hydrogen-bond donors (Lipinski definition) is 0. The standard InChI is InChI=1S/C23H27NO2/c1-16-5-3-6-17(13-16)18-8-9-20-19-7-4-11-24(12-10-23(25)26-2)22(15-19)21(20)14-18/h3,5-6,8-9,13-14,19,22H,4,7,10-12,15H2,1-2H3/t19?,22-/m1/s1. The van der Waals surface area contributed by atoms with Crippen molar-refractivity contribution < 1.29 is 9.53 Å². The lowest BCUT2D eigenvalue weighted by Gasteiger charge is -2.29. The highest BCUT2D eigenvalue weighted by atomic mass is 16.5. The van der Waals surface area contributed by atoms with Crippen LogP contribution in [0.4, 0.5) is 0 Å². The van der Waals surface area contributed by atoms with E-state index in [-0.39, 0.29) is 5.97 Å². The van der Waals surface area contributed by atoms with Crippen LogP contribution in [0.25, 0.3) is 11.1 Å². The fourth-order valence-electron chi connectivity index (χ4n) is 4.68. The van der Waals surface area contributed by atoms with Gasteiger partial charge in [0.1, 0.15) is 0 Å². The number of hydrogen-bond acceptors (Lipinski definition) is 3. The number of ether oxygens (including phenoxy) is 1. The van der Waals surface area contributed by atoms with Gasteiger partial charge in [-0.15, -0.1) is 0 Å². The third kappa shape index (κ3) is 3.28. The van der Waals surface area contributed by atoms with Crippen molar-refractivity contribution in [2.75, 3.05) is 20.2 Å². The summed E-state index contributed by atoms with van der Waals surface area (Å²) in [4.78, 5) is 14.1. The van der Waals surface area contributed by atoms with Crippen molar-refractivity contribution in [1.29, 1.82) is 0 Å². The third-order valence-corrected chi connectivity index (χ3v) is 6.01. The Balaban J connectivity index is 1.65. The summed E-state index contributed by atoms with van der Waals surface area (Å²) >= 11 is 0. The maximum absolute atomic E-state index is 11.6. The molecule has 1 unspecified atom stereocenters. The second-order valence-corrected chi connectivity index (χ2v) is 7.67. The van der Waals surface area contributed by atoms with Crippen LogP contribution in [0.15, 0.2) is 42.5 Å². The zero-order valence-corrected chi connectivity index (χ0v) is 15.7. The number of fused-ring (bicyclic) bond motifs is 5. The SMILES string of the molecule is COC(=O)CCN1CCCC2C[C@@H]1c1cc(-c3cccc(C)c3)ccc12. The molecule has 2 aromatic rings. The van der Waals surface area contributed by atoms with Crippen LogP contribution in [0.2, 0.25) is 0 Å². The molecular weight excluding hydrogens is 322 g/mol. The minimum absolute atomic E-state index is 0.113. The molecule has 2 aromatic carbocycles. The summed E-state index contributed by atoms with van der Waals surface area (Å²) in [5.74, 6) is 0.558. The van der Waals surface area contributed by atoms with Gasteiger partial charge in [-0.3, -0.25) is 9.69 Å². The molecule has 2 aliphatic rings. The van der Waals surface area contributed by atoms with Gasteiger partial charge in [0.05, 0.1) is 13.5 Å². The highest BCUT2D eigenvalue weighted by molar-refractivity contribution is 5.69. The summed E-state index contributed by atoms with van der Waals surface area (Å²) in [5, 5.41) is 0. The van der Waals surface area contributed by atoms with E-state index in [1.54, 1.807) is 0 Å². The molecular formula is C23H27NO2. The molecule has 1 saturated heterocycles. The lowest BCUT2D eigenvalue weighted by molar-refractivity contribution is -0.141. The van der Waals surface area contributed by atoms with Gasteiger partial charge in [0.15, 0.2) is 0 Å². The quantitative estimate of drug-likeness (QED) is 0.739. The zero-order chi connectivity index (χ0) is 18.1. The molecule has 0 amide bonds.